The predicted octanol–water partition coefficient (Wildman–Crippen LogP) is 3.35. The molecule has 1 fully saturated rings. The molecule has 76 valence electrons. The number of halogens is 1. The van der Waals surface area contributed by atoms with Crippen LogP contribution in [0.15, 0.2) is 18.2 Å². The van der Waals surface area contributed by atoms with Gasteiger partial charge in [-0.2, -0.15) is 0 Å². The van der Waals surface area contributed by atoms with Crippen LogP contribution in [0.3, 0.4) is 0 Å². The van der Waals surface area contributed by atoms with Crippen LogP contribution in [0.4, 0.5) is 10.1 Å². The molecule has 0 atom stereocenters. The largest absolute Gasteiger partial charge is 0.382 e. The van der Waals surface area contributed by atoms with E-state index in [1.807, 2.05) is 19.1 Å². The van der Waals surface area contributed by atoms with Gasteiger partial charge in [0.15, 0.2) is 0 Å². The molecule has 1 aromatic carbocycles. The zero-order chi connectivity index (χ0) is 10.2. The maximum atomic E-state index is 13.4. The summed E-state index contributed by atoms with van der Waals surface area (Å²) in [7, 11) is 0. The topological polar surface area (TPSA) is 12.0 Å². The summed E-state index contributed by atoms with van der Waals surface area (Å²) in [4.78, 5) is 0. The van der Waals surface area contributed by atoms with Crippen molar-refractivity contribution in [2.75, 3.05) is 11.9 Å². The van der Waals surface area contributed by atoms with E-state index >= 15 is 0 Å². The van der Waals surface area contributed by atoms with Gasteiger partial charge in [-0.05, 0) is 42.9 Å². The minimum absolute atomic E-state index is 0.144. The van der Waals surface area contributed by atoms with Crippen molar-refractivity contribution in [3.05, 3.63) is 29.6 Å². The van der Waals surface area contributed by atoms with Gasteiger partial charge in [-0.25, -0.2) is 4.39 Å². The summed E-state index contributed by atoms with van der Waals surface area (Å²) < 4.78 is 13.4. The van der Waals surface area contributed by atoms with Gasteiger partial charge in [-0.15, -0.1) is 0 Å². The van der Waals surface area contributed by atoms with Crippen molar-refractivity contribution in [2.24, 2.45) is 5.41 Å². The van der Waals surface area contributed by atoms with E-state index in [-0.39, 0.29) is 5.82 Å². The molecule has 0 unspecified atom stereocenters. The molecule has 2 heteroatoms. The molecule has 1 nitrogen and oxygen atoms in total. The third-order valence-electron chi connectivity index (χ3n) is 2.93. The number of rotatable bonds is 3. The van der Waals surface area contributed by atoms with Crippen LogP contribution in [0, 0.1) is 18.2 Å². The highest BCUT2D eigenvalue weighted by Gasteiger charge is 2.36. The average Bonchev–Trinajstić information content (AvgIpc) is 2.83. The molecule has 0 aliphatic heterocycles. The lowest BCUT2D eigenvalue weighted by molar-refractivity contribution is 0.597. The first-order chi connectivity index (χ1) is 6.59. The van der Waals surface area contributed by atoms with Gasteiger partial charge in [0, 0.05) is 6.54 Å². The number of hydrogen-bond acceptors (Lipinski definition) is 1. The van der Waals surface area contributed by atoms with Gasteiger partial charge in [0.05, 0.1) is 5.69 Å². The van der Waals surface area contributed by atoms with Crippen LogP contribution < -0.4 is 5.32 Å². The molecule has 0 heterocycles. The quantitative estimate of drug-likeness (QED) is 0.776. The minimum Gasteiger partial charge on any atom is -0.382 e. The zero-order valence-corrected chi connectivity index (χ0v) is 8.73. The molecule has 1 N–H and O–H groups in total. The van der Waals surface area contributed by atoms with E-state index in [0.717, 1.165) is 12.1 Å². The van der Waals surface area contributed by atoms with Crippen LogP contribution in [0.2, 0.25) is 0 Å². The number of hydrogen-bond donors (Lipinski definition) is 1. The summed E-state index contributed by atoms with van der Waals surface area (Å²) in [5.74, 6) is -0.144. The van der Waals surface area contributed by atoms with E-state index in [2.05, 4.69) is 12.2 Å². The van der Waals surface area contributed by atoms with Crippen LogP contribution in [-0.2, 0) is 0 Å². The predicted molar refractivity (Wildman–Crippen MR) is 57.0 cm³/mol. The lowest BCUT2D eigenvalue weighted by atomic mass is 10.1. The van der Waals surface area contributed by atoms with E-state index in [0.29, 0.717) is 11.1 Å². The second-order valence-electron chi connectivity index (χ2n) is 4.65. The Bertz CT molecular complexity index is 342. The molecule has 2 rings (SSSR count). The summed E-state index contributed by atoms with van der Waals surface area (Å²) in [5.41, 5.74) is 2.01. The van der Waals surface area contributed by atoms with Gasteiger partial charge in [-0.3, -0.25) is 0 Å². The van der Waals surface area contributed by atoms with Crippen LogP contribution in [-0.4, -0.2) is 6.54 Å². The number of anilines is 1. The van der Waals surface area contributed by atoms with Crippen molar-refractivity contribution in [1.82, 2.24) is 0 Å². The Morgan fingerprint density at radius 3 is 2.71 bits per heavy atom. The fourth-order valence-electron chi connectivity index (χ4n) is 1.46. The Morgan fingerprint density at radius 1 is 1.43 bits per heavy atom. The molecule has 0 bridgehead atoms. The Kier molecular flexibility index (Phi) is 2.22. The molecule has 1 aromatic rings. The second kappa shape index (κ2) is 3.26. The van der Waals surface area contributed by atoms with Crippen molar-refractivity contribution in [3.8, 4) is 0 Å². The van der Waals surface area contributed by atoms with Crippen molar-refractivity contribution < 1.29 is 4.39 Å². The summed E-state index contributed by atoms with van der Waals surface area (Å²) in [6.45, 7) is 5.01. The van der Waals surface area contributed by atoms with E-state index < -0.39 is 0 Å². The first-order valence-corrected chi connectivity index (χ1v) is 5.09. The third-order valence-corrected chi connectivity index (χ3v) is 2.93. The van der Waals surface area contributed by atoms with Crippen molar-refractivity contribution >= 4 is 5.69 Å². The number of nitrogens with one attached hydrogen (secondary N) is 1. The van der Waals surface area contributed by atoms with Gasteiger partial charge >= 0.3 is 0 Å². The SMILES string of the molecule is Cc1ccc(NCC2(C)CC2)c(F)c1. The third kappa shape index (κ3) is 2.06. The molecule has 1 aliphatic carbocycles. The van der Waals surface area contributed by atoms with Crippen LogP contribution >= 0.6 is 0 Å². The fraction of sp³-hybridized carbons (Fsp3) is 0.500. The molecule has 0 radical (unpaired) electrons. The van der Waals surface area contributed by atoms with E-state index in [9.17, 15) is 4.39 Å². The lowest BCUT2D eigenvalue weighted by Gasteiger charge is -2.12. The lowest BCUT2D eigenvalue weighted by Crippen LogP contribution is -2.12. The maximum Gasteiger partial charge on any atom is 0.146 e. The molecule has 0 spiro atoms. The van der Waals surface area contributed by atoms with Gasteiger partial charge in [0.1, 0.15) is 5.82 Å². The monoisotopic (exact) mass is 193 g/mol. The van der Waals surface area contributed by atoms with E-state index in [1.54, 1.807) is 6.07 Å². The zero-order valence-electron chi connectivity index (χ0n) is 8.73. The Morgan fingerprint density at radius 2 is 2.14 bits per heavy atom. The smallest absolute Gasteiger partial charge is 0.146 e. The van der Waals surface area contributed by atoms with Crippen molar-refractivity contribution in [2.45, 2.75) is 26.7 Å². The molecule has 1 saturated carbocycles. The number of benzene rings is 1. The first kappa shape index (κ1) is 9.50. The highest BCUT2D eigenvalue weighted by atomic mass is 19.1. The average molecular weight is 193 g/mol. The molecule has 14 heavy (non-hydrogen) atoms. The first-order valence-electron chi connectivity index (χ1n) is 5.09. The van der Waals surface area contributed by atoms with Crippen LogP contribution in [0.1, 0.15) is 25.3 Å². The van der Waals surface area contributed by atoms with Crippen molar-refractivity contribution in [3.63, 3.8) is 0 Å². The standard InChI is InChI=1S/C12H16FN/c1-9-3-4-11(10(13)7-9)14-8-12(2)5-6-12/h3-4,7,14H,5-6,8H2,1-2H3. The van der Waals surface area contributed by atoms with Crippen molar-refractivity contribution in [1.29, 1.82) is 0 Å². The Balaban J connectivity index is 2.02. The summed E-state index contributed by atoms with van der Waals surface area (Å²) >= 11 is 0. The molecular weight excluding hydrogens is 177 g/mol. The van der Waals surface area contributed by atoms with Gasteiger partial charge in [0.2, 0.25) is 0 Å². The Labute approximate surface area is 84.3 Å². The second-order valence-corrected chi connectivity index (χ2v) is 4.65. The van der Waals surface area contributed by atoms with E-state index in [4.69, 9.17) is 0 Å². The molecule has 0 amide bonds. The van der Waals surface area contributed by atoms with Gasteiger partial charge in [-0.1, -0.05) is 13.0 Å². The maximum absolute atomic E-state index is 13.4. The van der Waals surface area contributed by atoms with E-state index in [1.165, 1.54) is 12.8 Å². The highest BCUT2D eigenvalue weighted by Crippen LogP contribution is 2.44. The van der Waals surface area contributed by atoms with Gasteiger partial charge in [0.25, 0.3) is 0 Å². The summed E-state index contributed by atoms with van der Waals surface area (Å²) in [6, 6.07) is 5.31. The highest BCUT2D eigenvalue weighted by molar-refractivity contribution is 5.46. The van der Waals surface area contributed by atoms with Crippen LogP contribution in [0.25, 0.3) is 0 Å². The molecule has 0 aromatic heterocycles. The molecule has 0 saturated heterocycles. The molecular formula is C12H16FN. The normalized spacial score (nSPS) is 17.9. The van der Waals surface area contributed by atoms with Gasteiger partial charge < -0.3 is 5.32 Å². The fourth-order valence-corrected chi connectivity index (χ4v) is 1.46. The molecule has 1 aliphatic rings. The minimum atomic E-state index is -0.144. The van der Waals surface area contributed by atoms with Crippen LogP contribution in [0.5, 0.6) is 0 Å². The Hall–Kier alpha value is -1.05. The number of aryl methyl sites for hydroxylation is 1. The summed E-state index contributed by atoms with van der Waals surface area (Å²) in [6.07, 6.45) is 2.51. The summed E-state index contributed by atoms with van der Waals surface area (Å²) in [5, 5.41) is 3.17.